The molecule has 2 aromatic rings. The third-order valence-electron chi connectivity index (χ3n) is 7.92. The van der Waals surface area contributed by atoms with E-state index in [9.17, 15) is 13.2 Å². The van der Waals surface area contributed by atoms with E-state index in [1.807, 2.05) is 6.07 Å². The molecule has 8 heteroatoms. The molecule has 2 aliphatic heterocycles. The molecule has 1 N–H and O–H groups in total. The number of hydrogen-bond acceptors (Lipinski definition) is 4. The molecular weight excluding hydrogens is 460 g/mol. The van der Waals surface area contributed by atoms with Gasteiger partial charge in [-0.2, -0.15) is 4.31 Å². The first-order valence-electron chi connectivity index (χ1n) is 12.9. The number of carbonyl (C=O) groups is 1. The molecule has 0 radical (unpaired) electrons. The predicted octanol–water partition coefficient (Wildman–Crippen LogP) is 4.22. The average molecular weight is 497 g/mol. The first kappa shape index (κ1) is 24.1. The zero-order valence-electron chi connectivity index (χ0n) is 20.8. The van der Waals surface area contributed by atoms with E-state index in [0.717, 1.165) is 24.1 Å². The molecule has 1 saturated carbocycles. The summed E-state index contributed by atoms with van der Waals surface area (Å²) in [5.41, 5.74) is 5.44. The number of rotatable bonds is 4. The third-order valence-corrected chi connectivity index (χ3v) is 9.81. The van der Waals surface area contributed by atoms with Crippen LogP contribution in [0.2, 0.25) is 0 Å². The fourth-order valence-electron chi connectivity index (χ4n) is 5.65. The minimum Gasteiger partial charge on any atom is -0.369 e. The fourth-order valence-corrected chi connectivity index (χ4v) is 7.12. The topological polar surface area (TPSA) is 73.0 Å². The minimum absolute atomic E-state index is 0.0613. The van der Waals surface area contributed by atoms with Gasteiger partial charge in [-0.1, -0.05) is 31.4 Å². The zero-order valence-corrected chi connectivity index (χ0v) is 21.6. The number of benzene rings is 2. The molecule has 2 heterocycles. The molecule has 2 aromatic carbocycles. The predicted molar refractivity (Wildman–Crippen MR) is 140 cm³/mol. The smallest absolute Gasteiger partial charge is 0.322 e. The van der Waals surface area contributed by atoms with Crippen molar-refractivity contribution < 1.29 is 13.2 Å². The van der Waals surface area contributed by atoms with E-state index in [-0.39, 0.29) is 12.1 Å². The van der Waals surface area contributed by atoms with E-state index in [1.54, 1.807) is 21.3 Å². The molecule has 1 aliphatic carbocycles. The first-order valence-corrected chi connectivity index (χ1v) is 14.3. The molecule has 1 saturated heterocycles. The van der Waals surface area contributed by atoms with Crippen molar-refractivity contribution in [1.29, 1.82) is 0 Å². The van der Waals surface area contributed by atoms with Crippen LogP contribution in [0.4, 0.5) is 16.2 Å². The van der Waals surface area contributed by atoms with Crippen molar-refractivity contribution in [2.45, 2.75) is 63.3 Å². The van der Waals surface area contributed by atoms with Gasteiger partial charge >= 0.3 is 6.03 Å². The van der Waals surface area contributed by atoms with Crippen LogP contribution in [0.15, 0.2) is 41.3 Å². The van der Waals surface area contributed by atoms with Gasteiger partial charge in [-0.25, -0.2) is 13.2 Å². The van der Waals surface area contributed by atoms with E-state index in [4.69, 9.17) is 0 Å². The normalized spacial score (nSPS) is 19.6. The fraction of sp³-hybridized carbons (Fsp3) is 0.519. The number of piperazine rings is 1. The molecule has 0 atom stereocenters. The molecule has 3 aliphatic rings. The highest BCUT2D eigenvalue weighted by molar-refractivity contribution is 7.89. The summed E-state index contributed by atoms with van der Waals surface area (Å²) in [6, 6.07) is 11.7. The van der Waals surface area contributed by atoms with Gasteiger partial charge < -0.3 is 10.2 Å². The van der Waals surface area contributed by atoms with Gasteiger partial charge in [-0.3, -0.25) is 4.90 Å². The molecule has 0 spiro atoms. The number of fused-ring (bicyclic) bond motifs is 1. The Morgan fingerprint density at radius 2 is 1.66 bits per heavy atom. The maximum Gasteiger partial charge on any atom is 0.322 e. The highest BCUT2D eigenvalue weighted by Crippen LogP contribution is 2.32. The van der Waals surface area contributed by atoms with Gasteiger partial charge in [0.25, 0.3) is 0 Å². The van der Waals surface area contributed by atoms with Crippen molar-refractivity contribution in [3.63, 3.8) is 0 Å². The summed E-state index contributed by atoms with van der Waals surface area (Å²) in [5, 5.41) is 3.18. The number of amides is 2. The highest BCUT2D eigenvalue weighted by atomic mass is 32.2. The lowest BCUT2D eigenvalue weighted by Crippen LogP contribution is -2.48. The molecule has 2 fully saturated rings. The van der Waals surface area contributed by atoms with Gasteiger partial charge in [-0.15, -0.1) is 0 Å². The second-order valence-electron chi connectivity index (χ2n) is 10.1. The number of aryl methyl sites for hydroxylation is 1. The quantitative estimate of drug-likeness (QED) is 0.688. The lowest BCUT2D eigenvalue weighted by molar-refractivity contribution is 0.238. The summed E-state index contributed by atoms with van der Waals surface area (Å²) in [5.74, 6) is 0. The number of nitrogens with one attached hydrogen (secondary N) is 1. The number of hydrogen-bond donors (Lipinski definition) is 1. The van der Waals surface area contributed by atoms with E-state index in [1.165, 1.54) is 36.1 Å². The molecule has 35 heavy (non-hydrogen) atoms. The molecule has 0 aromatic heterocycles. The summed E-state index contributed by atoms with van der Waals surface area (Å²) in [4.78, 5) is 17.3. The second-order valence-corrected chi connectivity index (χ2v) is 12.0. The largest absolute Gasteiger partial charge is 0.369 e. The van der Waals surface area contributed by atoms with Crippen LogP contribution >= 0.6 is 0 Å². The summed E-state index contributed by atoms with van der Waals surface area (Å²) in [7, 11) is -3.58. The number of carbonyl (C=O) groups excluding carboxylic acids is 1. The summed E-state index contributed by atoms with van der Waals surface area (Å²) < 4.78 is 28.5. The van der Waals surface area contributed by atoms with Crippen molar-refractivity contribution in [1.82, 2.24) is 9.62 Å². The van der Waals surface area contributed by atoms with E-state index in [2.05, 4.69) is 42.3 Å². The zero-order chi connectivity index (χ0) is 24.6. The van der Waals surface area contributed by atoms with Crippen molar-refractivity contribution in [2.75, 3.05) is 42.5 Å². The number of nitrogens with zero attached hydrogens (tertiary/aromatic N) is 3. The standard InChI is InChI=1S/C27H36N4O3S/c1-20-7-6-10-25(21(20)2)29-15-17-30(18-16-29)35(33,34)24-11-12-26-22(19-24)13-14-31(26)27(32)28-23-8-4-3-5-9-23/h6-7,10-12,19,23H,3-5,8-9,13-18H2,1-2H3,(H,28,32). The lowest BCUT2D eigenvalue weighted by atomic mass is 9.96. The average Bonchev–Trinajstić information content (AvgIpc) is 3.30. The molecule has 7 nitrogen and oxygen atoms in total. The summed E-state index contributed by atoms with van der Waals surface area (Å²) in [6.07, 6.45) is 6.35. The Bertz CT molecular complexity index is 1200. The Kier molecular flexibility index (Phi) is 6.77. The van der Waals surface area contributed by atoms with Crippen LogP contribution in [-0.2, 0) is 16.4 Å². The maximum atomic E-state index is 13.4. The molecule has 2 amide bonds. The maximum absolute atomic E-state index is 13.4. The number of sulfonamides is 1. The highest BCUT2D eigenvalue weighted by Gasteiger charge is 2.32. The van der Waals surface area contributed by atoms with Gasteiger partial charge in [0, 0.05) is 50.1 Å². The minimum atomic E-state index is -3.58. The Morgan fingerprint density at radius 1 is 0.914 bits per heavy atom. The van der Waals surface area contributed by atoms with E-state index >= 15 is 0 Å². The molecule has 0 unspecified atom stereocenters. The van der Waals surface area contributed by atoms with Crippen LogP contribution in [0, 0.1) is 13.8 Å². The van der Waals surface area contributed by atoms with Crippen LogP contribution < -0.4 is 15.1 Å². The monoisotopic (exact) mass is 496 g/mol. The summed E-state index contributed by atoms with van der Waals surface area (Å²) >= 11 is 0. The second kappa shape index (κ2) is 9.82. The van der Waals surface area contributed by atoms with Gasteiger partial charge in [0.2, 0.25) is 10.0 Å². The van der Waals surface area contributed by atoms with E-state index < -0.39 is 10.0 Å². The van der Waals surface area contributed by atoms with Crippen LogP contribution in [0.1, 0.15) is 48.8 Å². The first-order chi connectivity index (χ1) is 16.8. The van der Waals surface area contributed by atoms with Crippen molar-refractivity contribution in [3.8, 4) is 0 Å². The van der Waals surface area contributed by atoms with Gasteiger partial charge in [0.05, 0.1) is 4.90 Å². The summed E-state index contributed by atoms with van der Waals surface area (Å²) in [6.45, 7) is 7.08. The van der Waals surface area contributed by atoms with Crippen molar-refractivity contribution >= 4 is 27.4 Å². The lowest BCUT2D eigenvalue weighted by Gasteiger charge is -2.36. The van der Waals surface area contributed by atoms with Crippen LogP contribution in [0.3, 0.4) is 0 Å². The SMILES string of the molecule is Cc1cccc(N2CCN(S(=O)(=O)c3ccc4c(c3)CCN4C(=O)NC3CCCCC3)CC2)c1C. The Hall–Kier alpha value is -2.58. The van der Waals surface area contributed by atoms with Crippen LogP contribution in [-0.4, -0.2) is 57.5 Å². The molecular formula is C27H36N4O3S. The number of anilines is 2. The van der Waals surface area contributed by atoms with Gasteiger partial charge in [0.15, 0.2) is 0 Å². The van der Waals surface area contributed by atoms with Gasteiger partial charge in [-0.05, 0) is 74.1 Å². The third kappa shape index (κ3) is 4.78. The van der Waals surface area contributed by atoms with Gasteiger partial charge in [0.1, 0.15) is 0 Å². The Balaban J connectivity index is 1.26. The van der Waals surface area contributed by atoms with E-state index in [0.29, 0.717) is 44.0 Å². The molecule has 5 rings (SSSR count). The Morgan fingerprint density at radius 3 is 2.40 bits per heavy atom. The molecule has 0 bridgehead atoms. The number of urea groups is 1. The van der Waals surface area contributed by atoms with Crippen LogP contribution in [0.5, 0.6) is 0 Å². The van der Waals surface area contributed by atoms with Crippen molar-refractivity contribution in [3.05, 3.63) is 53.1 Å². The molecule has 188 valence electrons. The van der Waals surface area contributed by atoms with Crippen molar-refractivity contribution in [2.24, 2.45) is 0 Å². The van der Waals surface area contributed by atoms with Crippen LogP contribution in [0.25, 0.3) is 0 Å². The Labute approximate surface area is 209 Å².